The average Bonchev–Trinajstić information content (AvgIpc) is 2.45. The first-order valence-electron chi connectivity index (χ1n) is 6.01. The van der Waals surface area contributed by atoms with Crippen molar-refractivity contribution in [2.24, 2.45) is 0 Å². The maximum absolute atomic E-state index is 12.4. The molecule has 0 saturated carbocycles. The largest absolute Gasteiger partial charge is 0.497 e. The van der Waals surface area contributed by atoms with Crippen molar-refractivity contribution >= 4 is 27.2 Å². The van der Waals surface area contributed by atoms with E-state index >= 15 is 0 Å². The minimum absolute atomic E-state index is 0.167. The van der Waals surface area contributed by atoms with Gasteiger partial charge in [0, 0.05) is 17.4 Å². The number of rotatable bonds is 4. The summed E-state index contributed by atoms with van der Waals surface area (Å²) in [7, 11) is -1.77. The normalized spacial score (nSPS) is 11.2. The molecule has 2 aromatic rings. The van der Waals surface area contributed by atoms with Gasteiger partial charge in [-0.25, -0.2) is 8.42 Å². The second kappa shape index (κ2) is 5.87. The Morgan fingerprint density at radius 1 is 1.10 bits per heavy atom. The van der Waals surface area contributed by atoms with E-state index in [-0.39, 0.29) is 15.7 Å². The Hall–Kier alpha value is -1.85. The van der Waals surface area contributed by atoms with Gasteiger partial charge in [-0.1, -0.05) is 11.6 Å². The van der Waals surface area contributed by atoms with Gasteiger partial charge in [-0.3, -0.25) is 4.79 Å². The fourth-order valence-electron chi connectivity index (χ4n) is 1.82. The van der Waals surface area contributed by atoms with Gasteiger partial charge in [-0.2, -0.15) is 0 Å². The molecule has 0 saturated heterocycles. The highest BCUT2D eigenvalue weighted by Gasteiger charge is 2.15. The van der Waals surface area contributed by atoms with Crippen LogP contribution in [0.4, 0.5) is 0 Å². The summed E-state index contributed by atoms with van der Waals surface area (Å²) in [6.07, 6.45) is 1.12. The van der Waals surface area contributed by atoms with Crippen LogP contribution in [0.5, 0.6) is 5.75 Å². The molecule has 2 aromatic carbocycles. The van der Waals surface area contributed by atoms with Gasteiger partial charge in [0.1, 0.15) is 5.75 Å². The summed E-state index contributed by atoms with van der Waals surface area (Å²) >= 11 is 6.06. The number of ketones is 1. The summed E-state index contributed by atoms with van der Waals surface area (Å²) in [4.78, 5) is 12.5. The summed E-state index contributed by atoms with van der Waals surface area (Å²) in [5.74, 6) is 0.284. The number of methoxy groups -OCH3 is 1. The highest BCUT2D eigenvalue weighted by molar-refractivity contribution is 7.90. The van der Waals surface area contributed by atoms with Gasteiger partial charge in [0.05, 0.1) is 17.0 Å². The number of sulfone groups is 1. The van der Waals surface area contributed by atoms with Crippen LogP contribution in [-0.4, -0.2) is 27.6 Å². The van der Waals surface area contributed by atoms with E-state index in [0.29, 0.717) is 16.9 Å². The molecular formula is C15H13ClO4S. The summed E-state index contributed by atoms with van der Waals surface area (Å²) in [6, 6.07) is 10.5. The van der Waals surface area contributed by atoms with E-state index in [1.165, 1.54) is 31.4 Å². The highest BCUT2D eigenvalue weighted by Crippen LogP contribution is 2.25. The Morgan fingerprint density at radius 2 is 1.71 bits per heavy atom. The van der Waals surface area contributed by atoms with Crippen molar-refractivity contribution < 1.29 is 17.9 Å². The lowest BCUT2D eigenvalue weighted by molar-refractivity contribution is 0.103. The first-order valence-corrected chi connectivity index (χ1v) is 8.28. The number of hydrogen-bond acceptors (Lipinski definition) is 4. The molecule has 0 aromatic heterocycles. The van der Waals surface area contributed by atoms with Crippen LogP contribution in [0.15, 0.2) is 47.4 Å². The van der Waals surface area contributed by atoms with Crippen LogP contribution in [0.2, 0.25) is 5.02 Å². The molecule has 2 rings (SSSR count). The zero-order valence-corrected chi connectivity index (χ0v) is 13.0. The number of ether oxygens (including phenoxy) is 1. The molecule has 110 valence electrons. The zero-order valence-electron chi connectivity index (χ0n) is 11.5. The number of carbonyl (C=O) groups is 1. The third-order valence-corrected chi connectivity index (χ3v) is 4.41. The Bertz CT molecular complexity index is 780. The summed E-state index contributed by atoms with van der Waals surface area (Å²) in [5, 5.41) is 0.284. The van der Waals surface area contributed by atoms with Crippen LogP contribution < -0.4 is 4.74 Å². The molecule has 0 amide bonds. The molecule has 0 aliphatic heterocycles. The van der Waals surface area contributed by atoms with Gasteiger partial charge in [-0.15, -0.1) is 0 Å². The fraction of sp³-hybridized carbons (Fsp3) is 0.133. The Morgan fingerprint density at radius 3 is 2.19 bits per heavy atom. The lowest BCUT2D eigenvalue weighted by Gasteiger charge is -2.06. The molecule has 0 radical (unpaired) electrons. The average molecular weight is 325 g/mol. The molecule has 0 unspecified atom stereocenters. The van der Waals surface area contributed by atoms with E-state index in [4.69, 9.17) is 16.3 Å². The monoisotopic (exact) mass is 324 g/mol. The van der Waals surface area contributed by atoms with E-state index in [9.17, 15) is 13.2 Å². The Kier molecular flexibility index (Phi) is 4.34. The van der Waals surface area contributed by atoms with Crippen LogP contribution in [0.25, 0.3) is 0 Å². The molecular weight excluding hydrogens is 312 g/mol. The quantitative estimate of drug-likeness (QED) is 0.811. The van der Waals surface area contributed by atoms with Crippen LogP contribution in [-0.2, 0) is 9.84 Å². The summed E-state index contributed by atoms with van der Waals surface area (Å²) < 4.78 is 27.8. The first kappa shape index (κ1) is 15.5. The smallest absolute Gasteiger partial charge is 0.194 e. The van der Waals surface area contributed by atoms with Crippen molar-refractivity contribution in [2.75, 3.05) is 13.4 Å². The first-order chi connectivity index (χ1) is 9.82. The van der Waals surface area contributed by atoms with Gasteiger partial charge in [0.25, 0.3) is 0 Å². The minimum Gasteiger partial charge on any atom is -0.497 e. The SMILES string of the molecule is COc1ccc(C(=O)c2ccc(S(C)(=O)=O)cc2)c(Cl)c1. The highest BCUT2D eigenvalue weighted by atomic mass is 35.5. The molecule has 21 heavy (non-hydrogen) atoms. The van der Waals surface area contributed by atoms with E-state index in [0.717, 1.165) is 6.26 Å². The second-order valence-corrected chi connectivity index (χ2v) is 6.89. The van der Waals surface area contributed by atoms with Crippen LogP contribution in [0.1, 0.15) is 15.9 Å². The maximum Gasteiger partial charge on any atom is 0.194 e. The Balaban J connectivity index is 2.36. The van der Waals surface area contributed by atoms with Crippen LogP contribution in [0, 0.1) is 0 Å². The van der Waals surface area contributed by atoms with Gasteiger partial charge in [0.2, 0.25) is 0 Å². The van der Waals surface area contributed by atoms with E-state index < -0.39 is 9.84 Å². The number of hydrogen-bond donors (Lipinski definition) is 0. The van der Waals surface area contributed by atoms with Crippen molar-refractivity contribution in [2.45, 2.75) is 4.90 Å². The standard InChI is InChI=1S/C15H13ClO4S/c1-20-11-5-8-13(14(16)9-11)15(17)10-3-6-12(7-4-10)21(2,18)19/h3-9H,1-2H3. The molecule has 6 heteroatoms. The number of benzene rings is 2. The summed E-state index contributed by atoms with van der Waals surface area (Å²) in [6.45, 7) is 0. The molecule has 0 atom stereocenters. The third kappa shape index (κ3) is 3.43. The lowest BCUT2D eigenvalue weighted by Crippen LogP contribution is -2.04. The Labute approximate surface area is 128 Å². The van der Waals surface area contributed by atoms with E-state index in [1.807, 2.05) is 0 Å². The molecule has 0 heterocycles. The third-order valence-electron chi connectivity index (χ3n) is 2.97. The molecule has 0 spiro atoms. The molecule has 0 aliphatic carbocycles. The predicted octanol–water partition coefficient (Wildman–Crippen LogP) is 2.98. The van der Waals surface area contributed by atoms with Gasteiger partial charge in [-0.05, 0) is 42.5 Å². The van der Waals surface area contributed by atoms with Gasteiger partial charge in [0.15, 0.2) is 15.6 Å². The lowest BCUT2D eigenvalue weighted by atomic mass is 10.0. The molecule has 0 N–H and O–H groups in total. The minimum atomic E-state index is -3.28. The molecule has 0 fully saturated rings. The van der Waals surface area contributed by atoms with Crippen LogP contribution in [0.3, 0.4) is 0 Å². The fourth-order valence-corrected chi connectivity index (χ4v) is 2.70. The van der Waals surface area contributed by atoms with Crippen molar-refractivity contribution in [1.29, 1.82) is 0 Å². The second-order valence-electron chi connectivity index (χ2n) is 4.47. The van der Waals surface area contributed by atoms with E-state index in [1.54, 1.807) is 18.2 Å². The predicted molar refractivity (Wildman–Crippen MR) is 81.0 cm³/mol. The molecule has 0 aliphatic rings. The topological polar surface area (TPSA) is 60.4 Å². The van der Waals surface area contributed by atoms with Crippen molar-refractivity contribution in [3.8, 4) is 5.75 Å². The summed E-state index contributed by atoms with van der Waals surface area (Å²) in [5.41, 5.74) is 0.707. The zero-order chi connectivity index (χ0) is 15.6. The molecule has 0 bridgehead atoms. The van der Waals surface area contributed by atoms with E-state index in [2.05, 4.69) is 0 Å². The maximum atomic E-state index is 12.4. The molecule has 4 nitrogen and oxygen atoms in total. The van der Waals surface area contributed by atoms with Crippen LogP contribution >= 0.6 is 11.6 Å². The van der Waals surface area contributed by atoms with Gasteiger partial charge >= 0.3 is 0 Å². The number of halogens is 1. The van der Waals surface area contributed by atoms with Crippen molar-refractivity contribution in [1.82, 2.24) is 0 Å². The van der Waals surface area contributed by atoms with Crippen molar-refractivity contribution in [3.63, 3.8) is 0 Å². The van der Waals surface area contributed by atoms with Gasteiger partial charge < -0.3 is 4.74 Å². The number of carbonyl (C=O) groups excluding carboxylic acids is 1. The van der Waals surface area contributed by atoms with Crippen molar-refractivity contribution in [3.05, 3.63) is 58.6 Å².